The number of aromatic nitrogens is 4. The molecular formula is C8H10N4O. The van der Waals surface area contributed by atoms with E-state index in [2.05, 4.69) is 15.3 Å². The molecule has 68 valence electrons. The number of aliphatic hydroxyl groups is 1. The molecule has 2 aromatic heterocycles. The van der Waals surface area contributed by atoms with Crippen LogP contribution in [0.25, 0.3) is 5.65 Å². The molecule has 1 N–H and O–H groups in total. The molecule has 0 unspecified atom stereocenters. The lowest BCUT2D eigenvalue weighted by atomic mass is 10.3. The third kappa shape index (κ3) is 1.17. The summed E-state index contributed by atoms with van der Waals surface area (Å²) in [6.45, 7) is 3.70. The summed E-state index contributed by atoms with van der Waals surface area (Å²) >= 11 is 0. The van der Waals surface area contributed by atoms with E-state index < -0.39 is 0 Å². The maximum atomic E-state index is 8.94. The fraction of sp³-hybridized carbons (Fsp3) is 0.375. The van der Waals surface area contributed by atoms with Crippen LogP contribution in [0.3, 0.4) is 0 Å². The van der Waals surface area contributed by atoms with Crippen LogP contribution in [-0.2, 0) is 6.61 Å². The van der Waals surface area contributed by atoms with Gasteiger partial charge in [-0.05, 0) is 25.5 Å². The molecule has 0 radical (unpaired) electrons. The van der Waals surface area contributed by atoms with Crippen LogP contribution in [0, 0.1) is 13.8 Å². The molecule has 2 aromatic rings. The van der Waals surface area contributed by atoms with E-state index in [-0.39, 0.29) is 6.61 Å². The first kappa shape index (κ1) is 8.12. The predicted molar refractivity (Wildman–Crippen MR) is 46.2 cm³/mol. The maximum absolute atomic E-state index is 8.94. The number of hydrogen-bond donors (Lipinski definition) is 1. The average molecular weight is 178 g/mol. The van der Waals surface area contributed by atoms with Gasteiger partial charge in [0.2, 0.25) is 0 Å². The molecule has 0 saturated carbocycles. The Labute approximate surface area is 75.0 Å². The highest BCUT2D eigenvalue weighted by atomic mass is 16.3. The standard InChI is InChI=1S/C8H10N4O/c1-5-3-6(2)11-12-7(4-13)9-10-8(5)12/h3,13H,4H2,1-2H3. The molecule has 0 aliphatic carbocycles. The first-order chi connectivity index (χ1) is 6.22. The summed E-state index contributed by atoms with van der Waals surface area (Å²) in [6.07, 6.45) is 0. The van der Waals surface area contributed by atoms with Crippen LogP contribution in [0.2, 0.25) is 0 Å². The van der Waals surface area contributed by atoms with Gasteiger partial charge in [0.15, 0.2) is 11.5 Å². The molecule has 0 aliphatic heterocycles. The Morgan fingerprint density at radius 1 is 1.38 bits per heavy atom. The van der Waals surface area contributed by atoms with E-state index in [1.54, 1.807) is 4.52 Å². The topological polar surface area (TPSA) is 63.3 Å². The van der Waals surface area contributed by atoms with Gasteiger partial charge in [0, 0.05) is 0 Å². The third-order valence-electron chi connectivity index (χ3n) is 1.88. The summed E-state index contributed by atoms with van der Waals surface area (Å²) in [6, 6.07) is 1.94. The summed E-state index contributed by atoms with van der Waals surface area (Å²) in [5.74, 6) is 0.474. The van der Waals surface area contributed by atoms with Crippen molar-refractivity contribution in [2.75, 3.05) is 0 Å². The Morgan fingerprint density at radius 3 is 2.85 bits per heavy atom. The van der Waals surface area contributed by atoms with Crippen LogP contribution in [-0.4, -0.2) is 24.9 Å². The van der Waals surface area contributed by atoms with Crippen molar-refractivity contribution >= 4 is 5.65 Å². The number of rotatable bonds is 1. The fourth-order valence-electron chi connectivity index (χ4n) is 1.33. The average Bonchev–Trinajstić information content (AvgIpc) is 2.47. The smallest absolute Gasteiger partial charge is 0.180 e. The summed E-state index contributed by atoms with van der Waals surface area (Å²) in [5, 5.41) is 20.9. The van der Waals surface area contributed by atoms with Crippen molar-refractivity contribution in [3.8, 4) is 0 Å². The van der Waals surface area contributed by atoms with Gasteiger partial charge >= 0.3 is 0 Å². The Kier molecular flexibility index (Phi) is 1.73. The zero-order valence-corrected chi connectivity index (χ0v) is 7.52. The lowest BCUT2D eigenvalue weighted by Crippen LogP contribution is -2.01. The van der Waals surface area contributed by atoms with E-state index >= 15 is 0 Å². The molecule has 0 fully saturated rings. The Hall–Kier alpha value is -1.49. The minimum atomic E-state index is -0.142. The molecule has 5 heteroatoms. The van der Waals surface area contributed by atoms with Crippen molar-refractivity contribution in [2.45, 2.75) is 20.5 Å². The van der Waals surface area contributed by atoms with Gasteiger partial charge < -0.3 is 5.11 Å². The number of aryl methyl sites for hydroxylation is 2. The molecule has 0 amide bonds. The van der Waals surface area contributed by atoms with Gasteiger partial charge in [-0.3, -0.25) is 0 Å². The largest absolute Gasteiger partial charge is 0.388 e. The van der Waals surface area contributed by atoms with Crippen molar-refractivity contribution in [1.82, 2.24) is 19.8 Å². The summed E-state index contributed by atoms with van der Waals surface area (Å²) in [5.41, 5.74) is 2.61. The van der Waals surface area contributed by atoms with Gasteiger partial charge in [-0.2, -0.15) is 9.61 Å². The molecule has 0 saturated heterocycles. The van der Waals surface area contributed by atoms with Crippen LogP contribution >= 0.6 is 0 Å². The first-order valence-electron chi connectivity index (χ1n) is 4.02. The van der Waals surface area contributed by atoms with E-state index in [4.69, 9.17) is 5.11 Å². The lowest BCUT2D eigenvalue weighted by Gasteiger charge is -1.99. The van der Waals surface area contributed by atoms with Gasteiger partial charge in [-0.1, -0.05) is 0 Å². The molecular weight excluding hydrogens is 168 g/mol. The predicted octanol–water partition coefficient (Wildman–Crippen LogP) is 0.233. The fourth-order valence-corrected chi connectivity index (χ4v) is 1.33. The van der Waals surface area contributed by atoms with Crippen molar-refractivity contribution in [2.24, 2.45) is 0 Å². The maximum Gasteiger partial charge on any atom is 0.180 e. The monoisotopic (exact) mass is 178 g/mol. The van der Waals surface area contributed by atoms with E-state index in [0.717, 1.165) is 11.3 Å². The van der Waals surface area contributed by atoms with Crippen molar-refractivity contribution in [3.05, 3.63) is 23.1 Å². The van der Waals surface area contributed by atoms with E-state index in [1.807, 2.05) is 19.9 Å². The van der Waals surface area contributed by atoms with Gasteiger partial charge in [-0.15, -0.1) is 10.2 Å². The summed E-state index contributed by atoms with van der Waals surface area (Å²) < 4.78 is 1.57. The SMILES string of the molecule is Cc1cc(C)c2nnc(CO)n2n1. The van der Waals surface area contributed by atoms with Crippen LogP contribution in [0.5, 0.6) is 0 Å². The molecule has 5 nitrogen and oxygen atoms in total. The minimum absolute atomic E-state index is 0.142. The third-order valence-corrected chi connectivity index (χ3v) is 1.88. The first-order valence-corrected chi connectivity index (χ1v) is 4.02. The molecule has 0 spiro atoms. The van der Waals surface area contributed by atoms with Gasteiger partial charge in [0.25, 0.3) is 0 Å². The van der Waals surface area contributed by atoms with Crippen LogP contribution in [0.15, 0.2) is 6.07 Å². The van der Waals surface area contributed by atoms with Crippen LogP contribution in [0.1, 0.15) is 17.1 Å². The van der Waals surface area contributed by atoms with Gasteiger partial charge in [-0.25, -0.2) is 0 Å². The molecule has 2 rings (SSSR count). The summed E-state index contributed by atoms with van der Waals surface area (Å²) in [7, 11) is 0. The molecule has 0 aromatic carbocycles. The van der Waals surface area contributed by atoms with Crippen molar-refractivity contribution in [1.29, 1.82) is 0 Å². The van der Waals surface area contributed by atoms with Gasteiger partial charge in [0.05, 0.1) is 5.69 Å². The molecule has 0 bridgehead atoms. The minimum Gasteiger partial charge on any atom is -0.388 e. The van der Waals surface area contributed by atoms with E-state index in [0.29, 0.717) is 11.5 Å². The van der Waals surface area contributed by atoms with E-state index in [1.165, 1.54) is 0 Å². The molecule has 0 atom stereocenters. The number of aliphatic hydroxyl groups excluding tert-OH is 1. The van der Waals surface area contributed by atoms with Gasteiger partial charge in [0.1, 0.15) is 6.61 Å². The highest BCUT2D eigenvalue weighted by molar-refractivity contribution is 5.45. The highest BCUT2D eigenvalue weighted by Crippen LogP contribution is 2.08. The number of hydrogen-bond acceptors (Lipinski definition) is 4. The second kappa shape index (κ2) is 2.77. The Bertz CT molecular complexity index is 449. The molecule has 0 aliphatic rings. The van der Waals surface area contributed by atoms with E-state index in [9.17, 15) is 0 Å². The quantitative estimate of drug-likeness (QED) is 0.679. The summed E-state index contributed by atoms with van der Waals surface area (Å²) in [4.78, 5) is 0. The molecule has 13 heavy (non-hydrogen) atoms. The zero-order valence-electron chi connectivity index (χ0n) is 7.52. The Morgan fingerprint density at radius 2 is 2.15 bits per heavy atom. The van der Waals surface area contributed by atoms with Crippen molar-refractivity contribution in [3.63, 3.8) is 0 Å². The highest BCUT2D eigenvalue weighted by Gasteiger charge is 2.07. The van der Waals surface area contributed by atoms with Crippen LogP contribution in [0.4, 0.5) is 0 Å². The van der Waals surface area contributed by atoms with Crippen LogP contribution < -0.4 is 0 Å². The Balaban J connectivity index is 2.82. The second-order valence-electron chi connectivity index (χ2n) is 2.98. The normalized spacial score (nSPS) is 11.0. The number of nitrogens with zero attached hydrogens (tertiary/aromatic N) is 4. The zero-order chi connectivity index (χ0) is 9.42. The number of fused-ring (bicyclic) bond motifs is 1. The lowest BCUT2D eigenvalue weighted by molar-refractivity contribution is 0.268. The molecule has 2 heterocycles. The second-order valence-corrected chi connectivity index (χ2v) is 2.98. The van der Waals surface area contributed by atoms with Crippen molar-refractivity contribution < 1.29 is 5.11 Å².